The minimum absolute atomic E-state index is 0.0915. The SMILES string of the molecule is C=CC1=CC[C@H]2C(=O)N(c3ccc(F)c(Cl)c3)C(=O)[C@@]2(C)[C@H]1c1cc(OC)c(O)c(Br)c1Br. The molecule has 0 spiro atoms. The van der Waals surface area contributed by atoms with Gasteiger partial charge in [-0.2, -0.15) is 0 Å². The van der Waals surface area contributed by atoms with Crippen molar-refractivity contribution < 1.29 is 23.8 Å². The Bertz CT molecular complexity index is 1250. The van der Waals surface area contributed by atoms with Crippen LogP contribution in [-0.4, -0.2) is 24.0 Å². The van der Waals surface area contributed by atoms with E-state index in [9.17, 15) is 19.1 Å². The average molecular weight is 600 g/mol. The first-order valence-electron chi connectivity index (χ1n) is 9.98. The van der Waals surface area contributed by atoms with Gasteiger partial charge in [-0.25, -0.2) is 9.29 Å². The zero-order chi connectivity index (χ0) is 24.2. The molecule has 9 heteroatoms. The molecule has 1 aliphatic carbocycles. The number of imide groups is 1. The number of methoxy groups -OCH3 is 1. The zero-order valence-corrected chi connectivity index (χ0v) is 21.6. The lowest BCUT2D eigenvalue weighted by molar-refractivity contribution is -0.127. The summed E-state index contributed by atoms with van der Waals surface area (Å²) in [6.45, 7) is 5.67. The van der Waals surface area contributed by atoms with Crippen LogP contribution in [0.3, 0.4) is 0 Å². The molecular weight excluding hydrogens is 581 g/mol. The van der Waals surface area contributed by atoms with Crippen molar-refractivity contribution in [3.05, 3.63) is 73.9 Å². The smallest absolute Gasteiger partial charge is 0.241 e. The number of carbonyl (C=O) groups excluding carboxylic acids is 2. The maximum atomic E-state index is 13.9. The van der Waals surface area contributed by atoms with Gasteiger partial charge in [-0.15, -0.1) is 0 Å². The summed E-state index contributed by atoms with van der Waals surface area (Å²) in [5, 5.41) is 10.2. The molecule has 1 aliphatic heterocycles. The first kappa shape index (κ1) is 24.0. The van der Waals surface area contributed by atoms with Crippen LogP contribution in [0.25, 0.3) is 0 Å². The Hall–Kier alpha value is -2.16. The maximum absolute atomic E-state index is 13.9. The van der Waals surface area contributed by atoms with E-state index in [2.05, 4.69) is 38.4 Å². The number of aromatic hydroxyl groups is 1. The van der Waals surface area contributed by atoms with Crippen LogP contribution in [0.15, 0.2) is 57.5 Å². The first-order chi connectivity index (χ1) is 15.6. The number of benzene rings is 2. The summed E-state index contributed by atoms with van der Waals surface area (Å²) >= 11 is 12.8. The summed E-state index contributed by atoms with van der Waals surface area (Å²) < 4.78 is 20.0. The van der Waals surface area contributed by atoms with E-state index in [0.29, 0.717) is 20.9 Å². The molecule has 1 heterocycles. The molecule has 0 aromatic heterocycles. The van der Waals surface area contributed by atoms with Crippen LogP contribution >= 0.6 is 43.5 Å². The summed E-state index contributed by atoms with van der Waals surface area (Å²) in [5.41, 5.74) is 0.457. The summed E-state index contributed by atoms with van der Waals surface area (Å²) in [4.78, 5) is 28.5. The molecule has 172 valence electrons. The molecular formula is C24H19Br2ClFNO4. The van der Waals surface area contributed by atoms with Crippen molar-refractivity contribution in [2.45, 2.75) is 19.3 Å². The van der Waals surface area contributed by atoms with Crippen LogP contribution in [0, 0.1) is 17.2 Å². The number of ether oxygens (including phenoxy) is 1. The first-order valence-corrected chi connectivity index (χ1v) is 11.9. The summed E-state index contributed by atoms with van der Waals surface area (Å²) in [6.07, 6.45) is 3.91. The predicted octanol–water partition coefficient (Wildman–Crippen LogP) is 6.51. The Morgan fingerprint density at radius 3 is 2.61 bits per heavy atom. The fourth-order valence-electron chi connectivity index (χ4n) is 4.84. The number of fused-ring (bicyclic) bond motifs is 1. The lowest BCUT2D eigenvalue weighted by Gasteiger charge is -2.40. The second-order valence-corrected chi connectivity index (χ2v) is 10.1. The monoisotopic (exact) mass is 597 g/mol. The van der Waals surface area contributed by atoms with Crippen LogP contribution < -0.4 is 9.64 Å². The molecule has 2 amide bonds. The molecule has 3 atom stereocenters. The van der Waals surface area contributed by atoms with E-state index in [-0.39, 0.29) is 28.1 Å². The van der Waals surface area contributed by atoms with Gasteiger partial charge in [0, 0.05) is 10.4 Å². The number of hydrogen-bond acceptors (Lipinski definition) is 4. The lowest BCUT2D eigenvalue weighted by Crippen LogP contribution is -2.41. The van der Waals surface area contributed by atoms with Gasteiger partial charge in [-0.05, 0) is 80.6 Å². The maximum Gasteiger partial charge on any atom is 0.241 e. The van der Waals surface area contributed by atoms with E-state index in [1.165, 1.54) is 19.2 Å². The number of phenols is 1. The third-order valence-electron chi connectivity index (χ3n) is 6.53. The number of hydrogen-bond donors (Lipinski definition) is 1. The molecule has 33 heavy (non-hydrogen) atoms. The van der Waals surface area contributed by atoms with Crippen molar-refractivity contribution in [3.8, 4) is 11.5 Å². The number of allylic oxidation sites excluding steroid dienone is 3. The number of amides is 2. The van der Waals surface area contributed by atoms with E-state index >= 15 is 0 Å². The second-order valence-electron chi connectivity index (χ2n) is 8.13. The Labute approximate surface area is 212 Å². The van der Waals surface area contributed by atoms with E-state index in [0.717, 1.165) is 16.5 Å². The molecule has 2 aromatic carbocycles. The fourth-order valence-corrected chi connectivity index (χ4v) is 5.97. The third-order valence-corrected chi connectivity index (χ3v) is 8.98. The standard InChI is InChI=1S/C24H19Br2ClFNO4/c1-4-11-5-7-14-22(31)29(12-6-8-16(28)15(27)9-12)23(32)24(14,2)18(11)13-10-17(33-3)21(30)20(26)19(13)25/h4-6,8-10,14,18,30H,1,7H2,2-3H3/t14-,18+,24+/m0/s1. The number of phenolic OH excluding ortho intramolecular Hbond substituents is 1. The summed E-state index contributed by atoms with van der Waals surface area (Å²) in [7, 11) is 1.43. The Morgan fingerprint density at radius 2 is 2.00 bits per heavy atom. The molecule has 2 aromatic rings. The van der Waals surface area contributed by atoms with Gasteiger partial charge < -0.3 is 9.84 Å². The van der Waals surface area contributed by atoms with Gasteiger partial charge in [0.1, 0.15) is 5.82 Å². The molecule has 1 N–H and O–H groups in total. The molecule has 4 rings (SSSR count). The third kappa shape index (κ3) is 3.45. The Balaban J connectivity index is 1.93. The second kappa shape index (κ2) is 8.56. The van der Waals surface area contributed by atoms with E-state index in [1.807, 2.05) is 6.08 Å². The van der Waals surface area contributed by atoms with Crippen LogP contribution in [0.1, 0.15) is 24.8 Å². The fraction of sp³-hybridized carbons (Fsp3) is 0.250. The molecule has 0 saturated carbocycles. The number of halogens is 4. The van der Waals surface area contributed by atoms with Gasteiger partial charge in [0.15, 0.2) is 11.5 Å². The lowest BCUT2D eigenvalue weighted by atomic mass is 9.60. The number of carbonyl (C=O) groups is 2. The van der Waals surface area contributed by atoms with Gasteiger partial charge in [-0.1, -0.05) is 30.3 Å². The minimum Gasteiger partial charge on any atom is -0.503 e. The quantitative estimate of drug-likeness (QED) is 0.407. The van der Waals surface area contributed by atoms with Crippen LogP contribution in [0.5, 0.6) is 11.5 Å². The van der Waals surface area contributed by atoms with Crippen LogP contribution in [0.4, 0.5) is 10.1 Å². The largest absolute Gasteiger partial charge is 0.503 e. The normalized spacial score (nSPS) is 24.5. The molecule has 2 aliphatic rings. The van der Waals surface area contributed by atoms with Crippen molar-refractivity contribution >= 4 is 61.0 Å². The van der Waals surface area contributed by atoms with E-state index in [1.54, 1.807) is 19.1 Å². The number of anilines is 1. The Kier molecular flexibility index (Phi) is 6.22. The molecule has 0 unspecified atom stereocenters. The highest BCUT2D eigenvalue weighted by Crippen LogP contribution is 2.59. The highest BCUT2D eigenvalue weighted by Gasteiger charge is 2.62. The highest BCUT2D eigenvalue weighted by molar-refractivity contribution is 9.13. The number of rotatable bonds is 4. The van der Waals surface area contributed by atoms with Gasteiger partial charge in [-0.3, -0.25) is 9.59 Å². The van der Waals surface area contributed by atoms with Crippen LogP contribution in [-0.2, 0) is 9.59 Å². The van der Waals surface area contributed by atoms with Gasteiger partial charge in [0.05, 0.1) is 33.6 Å². The molecule has 5 nitrogen and oxygen atoms in total. The van der Waals surface area contributed by atoms with E-state index in [4.69, 9.17) is 16.3 Å². The van der Waals surface area contributed by atoms with Gasteiger partial charge in [0.25, 0.3) is 0 Å². The average Bonchev–Trinajstić information content (AvgIpc) is 2.99. The zero-order valence-electron chi connectivity index (χ0n) is 17.7. The Morgan fingerprint density at radius 1 is 1.30 bits per heavy atom. The topological polar surface area (TPSA) is 66.8 Å². The minimum atomic E-state index is -1.18. The van der Waals surface area contributed by atoms with Gasteiger partial charge >= 0.3 is 0 Å². The summed E-state index contributed by atoms with van der Waals surface area (Å²) in [5.74, 6) is -2.55. The predicted molar refractivity (Wildman–Crippen MR) is 131 cm³/mol. The highest BCUT2D eigenvalue weighted by atomic mass is 79.9. The van der Waals surface area contributed by atoms with Crippen molar-refractivity contribution in [1.29, 1.82) is 0 Å². The van der Waals surface area contributed by atoms with Crippen LogP contribution in [0.2, 0.25) is 5.02 Å². The van der Waals surface area contributed by atoms with Gasteiger partial charge in [0.2, 0.25) is 11.8 Å². The summed E-state index contributed by atoms with van der Waals surface area (Å²) in [6, 6.07) is 5.42. The molecule has 0 bridgehead atoms. The van der Waals surface area contributed by atoms with Crippen molar-refractivity contribution in [3.63, 3.8) is 0 Å². The molecule has 0 radical (unpaired) electrons. The van der Waals surface area contributed by atoms with Crippen molar-refractivity contribution in [2.24, 2.45) is 11.3 Å². The van der Waals surface area contributed by atoms with Crippen molar-refractivity contribution in [2.75, 3.05) is 12.0 Å². The van der Waals surface area contributed by atoms with E-state index < -0.39 is 29.0 Å². The van der Waals surface area contributed by atoms with Crippen molar-refractivity contribution in [1.82, 2.24) is 0 Å². The number of nitrogens with zero attached hydrogens (tertiary/aromatic N) is 1. The molecule has 1 saturated heterocycles. The molecule has 1 fully saturated rings.